The highest BCUT2D eigenvalue weighted by molar-refractivity contribution is 5.45. The lowest BCUT2D eigenvalue weighted by molar-refractivity contribution is -0.141. The summed E-state index contributed by atoms with van der Waals surface area (Å²) in [4.78, 5) is 5.46. The summed E-state index contributed by atoms with van der Waals surface area (Å²) in [6.45, 7) is 1.54. The first-order valence-electron chi connectivity index (χ1n) is 5.60. The number of aromatic nitrogens is 1. The Labute approximate surface area is 107 Å². The summed E-state index contributed by atoms with van der Waals surface area (Å²) in [5, 5.41) is 3.18. The molecule has 0 atom stereocenters. The van der Waals surface area contributed by atoms with Crippen molar-refractivity contribution in [2.45, 2.75) is 6.18 Å². The van der Waals surface area contributed by atoms with E-state index in [0.29, 0.717) is 0 Å². The molecule has 0 saturated carbocycles. The fraction of sp³-hybridized carbons (Fsp3) is 0.545. The number of nitrogens with one attached hydrogen (secondary N) is 1. The molecule has 1 N–H and O–H groups in total. The second kappa shape index (κ2) is 7.22. The number of rotatable bonds is 1. The molecule has 0 aromatic carbocycles. The van der Waals surface area contributed by atoms with E-state index in [4.69, 9.17) is 0 Å². The van der Waals surface area contributed by atoms with Crippen LogP contribution in [0, 0.1) is 0 Å². The molecule has 1 aliphatic rings. The average Bonchev–Trinajstić information content (AvgIpc) is 2.40. The first-order valence-corrected chi connectivity index (χ1v) is 5.60. The summed E-state index contributed by atoms with van der Waals surface area (Å²) in [7, 11) is 0. The van der Waals surface area contributed by atoms with Crippen LogP contribution < -0.4 is 10.2 Å². The van der Waals surface area contributed by atoms with Crippen molar-refractivity contribution in [1.29, 1.82) is 0 Å². The highest BCUT2D eigenvalue weighted by Crippen LogP contribution is 2.28. The van der Waals surface area contributed by atoms with Gasteiger partial charge in [-0.15, -0.1) is 0 Å². The molecule has 2 rings (SSSR count). The van der Waals surface area contributed by atoms with E-state index in [1.165, 1.54) is 12.3 Å². The Kier molecular flexibility index (Phi) is 5.94. The van der Waals surface area contributed by atoms with Crippen molar-refractivity contribution in [2.24, 2.45) is 0 Å². The maximum atomic E-state index is 12.3. The van der Waals surface area contributed by atoms with Crippen molar-refractivity contribution < 1.29 is 22.0 Å². The molecule has 19 heavy (non-hydrogen) atoms. The molecule has 0 aliphatic carbocycles. The van der Waals surface area contributed by atoms with Gasteiger partial charge in [-0.3, -0.25) is 0 Å². The molecule has 1 fully saturated rings. The van der Waals surface area contributed by atoms with Gasteiger partial charge in [-0.05, 0) is 12.1 Å². The minimum absolute atomic E-state index is 0.745. The van der Waals surface area contributed by atoms with Crippen molar-refractivity contribution in [3.05, 3.63) is 24.0 Å². The summed E-state index contributed by atoms with van der Waals surface area (Å²) in [5.41, 5.74) is -0.0964. The average molecular weight is 283 g/mol. The van der Waals surface area contributed by atoms with Gasteiger partial charge in [0.05, 0.1) is 11.9 Å². The standard InChI is InChI=1S/C10H12F3N3.CH2F2/c11-10(12,13)9-2-1-8(7-15-9)16-5-3-14-4-6-16;2-1-3/h1-2,7,14H,3-6H2;1H2. The van der Waals surface area contributed by atoms with Gasteiger partial charge in [-0.2, -0.15) is 13.2 Å². The van der Waals surface area contributed by atoms with Crippen LogP contribution in [0.5, 0.6) is 0 Å². The maximum absolute atomic E-state index is 12.3. The first kappa shape index (κ1) is 15.6. The molecule has 108 valence electrons. The fourth-order valence-electron chi connectivity index (χ4n) is 1.66. The Bertz CT molecular complexity index is 360. The number of pyridine rings is 1. The summed E-state index contributed by atoms with van der Waals surface area (Å²) in [6.07, 6.45) is -3.07. The number of hydrogen-bond acceptors (Lipinski definition) is 3. The lowest BCUT2D eigenvalue weighted by Crippen LogP contribution is -2.43. The zero-order chi connectivity index (χ0) is 14.3. The molecular formula is C11H14F5N3. The number of alkyl halides is 5. The number of nitrogens with zero attached hydrogens (tertiary/aromatic N) is 2. The van der Waals surface area contributed by atoms with Crippen molar-refractivity contribution in [3.8, 4) is 0 Å². The summed E-state index contributed by atoms with van der Waals surface area (Å²) < 4.78 is 56.1. The van der Waals surface area contributed by atoms with Crippen molar-refractivity contribution in [3.63, 3.8) is 0 Å². The molecule has 0 unspecified atom stereocenters. The van der Waals surface area contributed by atoms with E-state index in [-0.39, 0.29) is 0 Å². The van der Waals surface area contributed by atoms with Gasteiger partial charge in [-0.1, -0.05) is 0 Å². The van der Waals surface area contributed by atoms with Gasteiger partial charge in [0.25, 0.3) is 0 Å². The fourth-order valence-corrected chi connectivity index (χ4v) is 1.66. The van der Waals surface area contributed by atoms with Crippen LogP contribution in [0.25, 0.3) is 0 Å². The van der Waals surface area contributed by atoms with Crippen LogP contribution in [0.2, 0.25) is 0 Å². The lowest BCUT2D eigenvalue weighted by atomic mass is 10.2. The van der Waals surface area contributed by atoms with Crippen LogP contribution in [0.15, 0.2) is 18.3 Å². The third-order valence-corrected chi connectivity index (χ3v) is 2.52. The van der Waals surface area contributed by atoms with Gasteiger partial charge in [0.15, 0.2) is 0 Å². The number of anilines is 1. The number of halogens is 5. The molecule has 3 nitrogen and oxygen atoms in total. The van der Waals surface area contributed by atoms with E-state index in [1.54, 1.807) is 0 Å². The van der Waals surface area contributed by atoms with Crippen molar-refractivity contribution >= 4 is 5.69 Å². The van der Waals surface area contributed by atoms with Gasteiger partial charge >= 0.3 is 6.18 Å². The summed E-state index contributed by atoms with van der Waals surface area (Å²) in [6, 6.07) is 2.50. The summed E-state index contributed by atoms with van der Waals surface area (Å²) >= 11 is 0. The predicted octanol–water partition coefficient (Wildman–Crippen LogP) is 2.39. The highest BCUT2D eigenvalue weighted by Gasteiger charge is 2.32. The Morgan fingerprint density at radius 3 is 2.16 bits per heavy atom. The maximum Gasteiger partial charge on any atom is 0.433 e. The zero-order valence-electron chi connectivity index (χ0n) is 10.1. The quantitative estimate of drug-likeness (QED) is 0.802. The van der Waals surface area contributed by atoms with Crippen molar-refractivity contribution in [2.75, 3.05) is 38.0 Å². The molecular weight excluding hydrogens is 269 g/mol. The van der Waals surface area contributed by atoms with Crippen molar-refractivity contribution in [1.82, 2.24) is 10.3 Å². The minimum Gasteiger partial charge on any atom is -0.368 e. The first-order chi connectivity index (χ1) is 8.99. The largest absolute Gasteiger partial charge is 0.433 e. The molecule has 0 radical (unpaired) electrons. The van der Waals surface area contributed by atoms with Gasteiger partial charge in [0, 0.05) is 26.2 Å². The monoisotopic (exact) mass is 283 g/mol. The topological polar surface area (TPSA) is 28.2 Å². The van der Waals surface area contributed by atoms with E-state index in [1.807, 2.05) is 4.90 Å². The van der Waals surface area contributed by atoms with Gasteiger partial charge in [-0.25, -0.2) is 13.8 Å². The molecule has 0 spiro atoms. The van der Waals surface area contributed by atoms with E-state index < -0.39 is 18.8 Å². The Morgan fingerprint density at radius 1 is 1.16 bits per heavy atom. The molecule has 8 heteroatoms. The second-order valence-electron chi connectivity index (χ2n) is 3.74. The van der Waals surface area contributed by atoms with E-state index in [0.717, 1.165) is 37.9 Å². The summed E-state index contributed by atoms with van der Waals surface area (Å²) in [5.74, 6) is 0. The lowest BCUT2D eigenvalue weighted by Gasteiger charge is -2.29. The minimum atomic E-state index is -4.36. The van der Waals surface area contributed by atoms with Crippen LogP contribution in [0.4, 0.5) is 27.6 Å². The van der Waals surface area contributed by atoms with Gasteiger partial charge in [0.2, 0.25) is 6.93 Å². The zero-order valence-corrected chi connectivity index (χ0v) is 10.1. The molecule has 0 amide bonds. The van der Waals surface area contributed by atoms with Gasteiger partial charge < -0.3 is 10.2 Å². The predicted molar refractivity (Wildman–Crippen MR) is 61.4 cm³/mol. The molecule has 0 bridgehead atoms. The van der Waals surface area contributed by atoms with Crippen LogP contribution in [0.1, 0.15) is 5.69 Å². The second-order valence-corrected chi connectivity index (χ2v) is 3.74. The Morgan fingerprint density at radius 2 is 1.74 bits per heavy atom. The van der Waals surface area contributed by atoms with E-state index in [9.17, 15) is 22.0 Å². The molecule has 2 heterocycles. The molecule has 1 aromatic heterocycles. The number of hydrogen-bond donors (Lipinski definition) is 1. The van der Waals surface area contributed by atoms with Crippen LogP contribution >= 0.6 is 0 Å². The van der Waals surface area contributed by atoms with Crippen LogP contribution in [0.3, 0.4) is 0 Å². The van der Waals surface area contributed by atoms with Gasteiger partial charge in [0.1, 0.15) is 5.69 Å². The van der Waals surface area contributed by atoms with E-state index in [2.05, 4.69) is 10.3 Å². The number of piperazine rings is 1. The molecule has 1 aromatic rings. The SMILES string of the molecule is FC(F)(F)c1ccc(N2CCNCC2)cn1.FCF. The van der Waals surface area contributed by atoms with Crippen LogP contribution in [-0.2, 0) is 6.18 Å². The van der Waals surface area contributed by atoms with E-state index >= 15 is 0 Å². The third kappa shape index (κ3) is 4.98. The highest BCUT2D eigenvalue weighted by atomic mass is 19.4. The normalized spacial score (nSPS) is 15.7. The molecule has 1 aliphatic heterocycles. The smallest absolute Gasteiger partial charge is 0.368 e. The molecule has 1 saturated heterocycles. The van der Waals surface area contributed by atoms with Crippen LogP contribution in [-0.4, -0.2) is 38.1 Å². The Hall–Kier alpha value is -1.44. The Balaban J connectivity index is 0.000000550. The third-order valence-electron chi connectivity index (χ3n) is 2.52.